The maximum absolute atomic E-state index is 12.3. The molecule has 0 amide bonds. The minimum absolute atomic E-state index is 0. The summed E-state index contributed by atoms with van der Waals surface area (Å²) in [4.78, 5) is 17.0. The molecule has 0 saturated heterocycles. The largest absolute Gasteiger partial charge is 0.461 e. The van der Waals surface area contributed by atoms with Crippen LogP contribution >= 0.6 is 12.4 Å². The molecule has 0 unspecified atom stereocenters. The monoisotopic (exact) mass is 404 g/mol. The predicted octanol–water partition coefficient (Wildman–Crippen LogP) is 6.21. The SMILES string of the molecule is CCCCCCCc1c2c(C)c(C(=O)OCC)nc-2cc2n1CC(C)=C2C.Cl. The fourth-order valence-corrected chi connectivity index (χ4v) is 4.15. The zero-order valence-electron chi connectivity index (χ0n) is 17.9. The van der Waals surface area contributed by atoms with Gasteiger partial charge in [0.05, 0.1) is 12.3 Å². The van der Waals surface area contributed by atoms with E-state index in [0.29, 0.717) is 12.3 Å². The van der Waals surface area contributed by atoms with E-state index in [4.69, 9.17) is 4.74 Å². The molecule has 0 atom stereocenters. The van der Waals surface area contributed by atoms with Crippen molar-refractivity contribution in [3.8, 4) is 11.3 Å². The number of aromatic nitrogens is 2. The molecule has 0 aromatic rings. The highest BCUT2D eigenvalue weighted by atomic mass is 35.5. The van der Waals surface area contributed by atoms with Crippen molar-refractivity contribution in [3.63, 3.8) is 0 Å². The quantitative estimate of drug-likeness (QED) is 0.387. The average Bonchev–Trinajstić information content (AvgIpc) is 3.12. The molecule has 4 nitrogen and oxygen atoms in total. The van der Waals surface area contributed by atoms with E-state index in [9.17, 15) is 4.79 Å². The lowest BCUT2D eigenvalue weighted by Gasteiger charge is -2.19. The Labute approximate surface area is 175 Å². The van der Waals surface area contributed by atoms with Crippen LogP contribution in [0.15, 0.2) is 11.6 Å². The third-order valence-electron chi connectivity index (χ3n) is 5.80. The minimum atomic E-state index is -0.311. The first kappa shape index (κ1) is 22.5. The van der Waals surface area contributed by atoms with Gasteiger partial charge in [-0.2, -0.15) is 0 Å². The molecule has 3 heterocycles. The van der Waals surface area contributed by atoms with Crippen LogP contribution in [-0.4, -0.2) is 22.1 Å². The second-order valence-electron chi connectivity index (χ2n) is 7.70. The second-order valence-corrected chi connectivity index (χ2v) is 7.70. The molecular formula is C23H33ClN2O2. The molecule has 5 heteroatoms. The van der Waals surface area contributed by atoms with Gasteiger partial charge in [0.25, 0.3) is 0 Å². The summed E-state index contributed by atoms with van der Waals surface area (Å²) >= 11 is 0. The van der Waals surface area contributed by atoms with E-state index >= 15 is 0 Å². The van der Waals surface area contributed by atoms with Gasteiger partial charge in [0, 0.05) is 23.5 Å². The molecule has 0 bridgehead atoms. The van der Waals surface area contributed by atoms with Crippen molar-refractivity contribution in [3.05, 3.63) is 34.3 Å². The van der Waals surface area contributed by atoms with Crippen molar-refractivity contribution in [1.29, 1.82) is 0 Å². The molecule has 0 aromatic carbocycles. The van der Waals surface area contributed by atoms with Gasteiger partial charge in [-0.15, -0.1) is 12.4 Å². The van der Waals surface area contributed by atoms with Crippen LogP contribution in [0, 0.1) is 6.92 Å². The number of esters is 1. The third kappa shape index (κ3) is 4.12. The summed E-state index contributed by atoms with van der Waals surface area (Å²) in [5.41, 5.74) is 8.85. The lowest BCUT2D eigenvalue weighted by Crippen LogP contribution is -2.10. The number of fused-ring (bicyclic) bond motifs is 2. The van der Waals surface area contributed by atoms with Crippen LogP contribution in [0.5, 0.6) is 0 Å². The summed E-state index contributed by atoms with van der Waals surface area (Å²) in [7, 11) is 0. The zero-order valence-corrected chi connectivity index (χ0v) is 18.7. The molecule has 3 rings (SSSR count). The fourth-order valence-electron chi connectivity index (χ4n) is 4.15. The molecule has 0 aromatic heterocycles. The standard InChI is InChI=1S/C23H32N2O2.ClH/c1-6-8-9-10-11-12-19-21-17(5)22(23(26)27-7-2)24-18(21)13-20-16(4)15(3)14-25(19)20;/h13H,6-12,14H2,1-5H3;1H. The molecule has 154 valence electrons. The number of carbonyl (C=O) groups excluding carboxylic acids is 1. The van der Waals surface area contributed by atoms with E-state index in [2.05, 4.69) is 36.4 Å². The van der Waals surface area contributed by atoms with Crippen molar-refractivity contribution in [1.82, 2.24) is 9.55 Å². The number of halogens is 1. The third-order valence-corrected chi connectivity index (χ3v) is 5.80. The highest BCUT2D eigenvalue weighted by Crippen LogP contribution is 2.39. The number of pyridine rings is 1. The van der Waals surface area contributed by atoms with Crippen LogP contribution in [0.1, 0.15) is 87.2 Å². The van der Waals surface area contributed by atoms with Crippen LogP contribution < -0.4 is 0 Å². The molecule has 0 fully saturated rings. The molecule has 3 aliphatic rings. The van der Waals surface area contributed by atoms with Gasteiger partial charge in [0.15, 0.2) is 5.69 Å². The van der Waals surface area contributed by atoms with E-state index in [1.54, 1.807) is 0 Å². The van der Waals surface area contributed by atoms with Crippen LogP contribution in [0.2, 0.25) is 0 Å². The maximum Gasteiger partial charge on any atom is 0.357 e. The number of hydrogen-bond donors (Lipinski definition) is 0. The van der Waals surface area contributed by atoms with Crippen molar-refractivity contribution >= 4 is 23.9 Å². The van der Waals surface area contributed by atoms with Gasteiger partial charge in [0.2, 0.25) is 0 Å². The number of unbranched alkanes of at least 4 members (excludes halogenated alkanes) is 4. The molecule has 0 saturated carbocycles. The number of hydrogen-bond acceptors (Lipinski definition) is 3. The Bertz CT molecular complexity index is 851. The van der Waals surface area contributed by atoms with E-state index in [1.807, 2.05) is 13.8 Å². The average molecular weight is 405 g/mol. The van der Waals surface area contributed by atoms with E-state index in [0.717, 1.165) is 29.8 Å². The van der Waals surface area contributed by atoms with Gasteiger partial charge < -0.3 is 9.30 Å². The van der Waals surface area contributed by atoms with Gasteiger partial charge in [-0.05, 0) is 63.3 Å². The van der Waals surface area contributed by atoms with Crippen LogP contribution in [0.25, 0.3) is 16.8 Å². The number of carbonyl (C=O) groups is 1. The number of nitrogens with zero attached hydrogens (tertiary/aromatic N) is 2. The Morgan fingerprint density at radius 3 is 2.54 bits per heavy atom. The Hall–Kier alpha value is -1.81. The van der Waals surface area contributed by atoms with Crippen molar-refractivity contribution in [2.75, 3.05) is 6.61 Å². The van der Waals surface area contributed by atoms with Crippen molar-refractivity contribution < 1.29 is 9.53 Å². The first-order chi connectivity index (χ1) is 13.0. The van der Waals surface area contributed by atoms with Crippen molar-refractivity contribution in [2.45, 2.75) is 79.7 Å². The molecule has 0 N–H and O–H groups in total. The van der Waals surface area contributed by atoms with E-state index in [1.165, 1.54) is 54.6 Å². The summed E-state index contributed by atoms with van der Waals surface area (Å²) < 4.78 is 7.67. The summed E-state index contributed by atoms with van der Waals surface area (Å²) in [5.74, 6) is -0.311. The summed E-state index contributed by atoms with van der Waals surface area (Å²) in [5, 5.41) is 0. The Kier molecular flexibility index (Phi) is 7.70. The maximum atomic E-state index is 12.3. The van der Waals surface area contributed by atoms with Gasteiger partial charge in [0.1, 0.15) is 0 Å². The highest BCUT2D eigenvalue weighted by molar-refractivity contribution is 5.94. The minimum Gasteiger partial charge on any atom is -0.461 e. The molecule has 0 radical (unpaired) electrons. The van der Waals surface area contributed by atoms with Crippen LogP contribution in [-0.2, 0) is 17.7 Å². The molecule has 0 spiro atoms. The Morgan fingerprint density at radius 2 is 1.86 bits per heavy atom. The van der Waals surface area contributed by atoms with Crippen LogP contribution in [0.3, 0.4) is 0 Å². The lowest BCUT2D eigenvalue weighted by atomic mass is 9.98. The summed E-state index contributed by atoms with van der Waals surface area (Å²) in [6.45, 7) is 11.8. The van der Waals surface area contributed by atoms with E-state index < -0.39 is 0 Å². The molecular weight excluding hydrogens is 372 g/mol. The van der Waals surface area contributed by atoms with Gasteiger partial charge >= 0.3 is 5.97 Å². The number of ether oxygens (including phenoxy) is 1. The normalized spacial score (nSPS) is 13.0. The number of rotatable bonds is 8. The zero-order chi connectivity index (χ0) is 19.6. The van der Waals surface area contributed by atoms with E-state index in [-0.39, 0.29) is 18.4 Å². The molecule has 3 aliphatic heterocycles. The smallest absolute Gasteiger partial charge is 0.357 e. The Morgan fingerprint density at radius 1 is 1.14 bits per heavy atom. The predicted molar refractivity (Wildman–Crippen MR) is 118 cm³/mol. The summed E-state index contributed by atoms with van der Waals surface area (Å²) in [6, 6.07) is 2.15. The van der Waals surface area contributed by atoms with Crippen LogP contribution in [0.4, 0.5) is 0 Å². The summed E-state index contributed by atoms with van der Waals surface area (Å²) in [6.07, 6.45) is 7.32. The van der Waals surface area contributed by atoms with Gasteiger partial charge in [-0.1, -0.05) is 32.6 Å². The molecule has 28 heavy (non-hydrogen) atoms. The Balaban J connectivity index is 0.00000280. The molecule has 0 aliphatic carbocycles. The number of allylic oxidation sites excluding steroid dienone is 2. The second kappa shape index (κ2) is 9.60. The topological polar surface area (TPSA) is 44.1 Å². The van der Waals surface area contributed by atoms with Gasteiger partial charge in [-0.3, -0.25) is 0 Å². The van der Waals surface area contributed by atoms with Gasteiger partial charge in [-0.25, -0.2) is 9.78 Å². The highest BCUT2D eigenvalue weighted by Gasteiger charge is 2.28. The van der Waals surface area contributed by atoms with Crippen molar-refractivity contribution in [2.24, 2.45) is 0 Å². The first-order valence-corrected chi connectivity index (χ1v) is 10.4. The fraction of sp³-hybridized carbons (Fsp3) is 0.565. The first-order valence-electron chi connectivity index (χ1n) is 10.4. The lowest BCUT2D eigenvalue weighted by molar-refractivity contribution is 0.0519.